The van der Waals surface area contributed by atoms with Gasteiger partial charge in [0, 0.05) is 11.6 Å². The van der Waals surface area contributed by atoms with Crippen LogP contribution in [0.4, 0.5) is 0 Å². The minimum Gasteiger partial charge on any atom is -0.309 e. The zero-order valence-electron chi connectivity index (χ0n) is 9.32. The fraction of sp³-hybridized carbons (Fsp3) is 1.00. The van der Waals surface area contributed by atoms with E-state index >= 15 is 0 Å². The van der Waals surface area contributed by atoms with E-state index in [1.165, 1.54) is 38.5 Å². The zero-order valence-corrected chi connectivity index (χ0v) is 9.32. The average molecular weight is 181 g/mol. The molecule has 76 valence electrons. The summed E-state index contributed by atoms with van der Waals surface area (Å²) < 4.78 is 0. The molecule has 1 N–H and O–H groups in total. The minimum absolute atomic E-state index is 0.505. The first-order chi connectivity index (χ1) is 5.99. The van der Waals surface area contributed by atoms with Crippen LogP contribution in [0.3, 0.4) is 0 Å². The van der Waals surface area contributed by atoms with E-state index in [0.717, 1.165) is 6.04 Å². The van der Waals surface area contributed by atoms with Crippen molar-refractivity contribution in [3.63, 3.8) is 0 Å². The van der Waals surface area contributed by atoms with Gasteiger partial charge in [-0.15, -0.1) is 0 Å². The lowest BCUT2D eigenvalue weighted by molar-refractivity contribution is 0.181. The van der Waals surface area contributed by atoms with Crippen LogP contribution in [0.15, 0.2) is 0 Å². The highest BCUT2D eigenvalue weighted by atomic mass is 15.0. The second kappa shape index (κ2) is 2.98. The van der Waals surface area contributed by atoms with Crippen LogP contribution in [0.1, 0.15) is 59.3 Å². The zero-order chi connectivity index (χ0) is 9.53. The maximum atomic E-state index is 3.85. The summed E-state index contributed by atoms with van der Waals surface area (Å²) in [4.78, 5) is 0. The lowest BCUT2D eigenvalue weighted by Gasteiger charge is -2.42. The fourth-order valence-electron chi connectivity index (χ4n) is 2.90. The molecule has 0 bridgehead atoms. The van der Waals surface area contributed by atoms with Crippen LogP contribution in [-0.2, 0) is 0 Å². The molecule has 2 aliphatic rings. The van der Waals surface area contributed by atoms with Gasteiger partial charge in [-0.25, -0.2) is 0 Å². The molecule has 1 unspecified atom stereocenters. The molecule has 0 amide bonds. The molecular weight excluding hydrogens is 158 g/mol. The molecule has 0 saturated heterocycles. The Morgan fingerprint density at radius 3 is 2.15 bits per heavy atom. The summed E-state index contributed by atoms with van der Waals surface area (Å²) in [6, 6.07) is 0.806. The number of hydrogen-bond donors (Lipinski definition) is 1. The van der Waals surface area contributed by atoms with Gasteiger partial charge in [0.1, 0.15) is 0 Å². The van der Waals surface area contributed by atoms with Gasteiger partial charge in [0.05, 0.1) is 0 Å². The van der Waals surface area contributed by atoms with Crippen LogP contribution in [0.25, 0.3) is 0 Å². The van der Waals surface area contributed by atoms with Crippen LogP contribution >= 0.6 is 0 Å². The Balaban J connectivity index is 1.83. The molecule has 1 atom stereocenters. The lowest BCUT2D eigenvalue weighted by Crippen LogP contribution is -2.52. The summed E-state index contributed by atoms with van der Waals surface area (Å²) in [6.45, 7) is 7.19. The largest absolute Gasteiger partial charge is 0.309 e. The number of rotatable bonds is 2. The van der Waals surface area contributed by atoms with E-state index in [0.29, 0.717) is 11.0 Å². The monoisotopic (exact) mass is 181 g/mol. The number of hydrogen-bond acceptors (Lipinski definition) is 1. The maximum Gasteiger partial charge on any atom is 0.0156 e. The van der Waals surface area contributed by atoms with Crippen molar-refractivity contribution in [2.45, 2.75) is 70.9 Å². The molecule has 2 saturated carbocycles. The Labute approximate surface area is 82.3 Å². The Morgan fingerprint density at radius 2 is 1.77 bits per heavy atom. The van der Waals surface area contributed by atoms with E-state index in [2.05, 4.69) is 26.1 Å². The Bertz CT molecular complexity index is 191. The number of nitrogens with one attached hydrogen (secondary N) is 1. The van der Waals surface area contributed by atoms with Gasteiger partial charge >= 0.3 is 0 Å². The van der Waals surface area contributed by atoms with Gasteiger partial charge < -0.3 is 5.32 Å². The second-order valence-electron chi connectivity index (χ2n) is 6.16. The lowest BCUT2D eigenvalue weighted by atomic mass is 9.78. The molecule has 0 radical (unpaired) electrons. The van der Waals surface area contributed by atoms with E-state index in [1.807, 2.05) is 0 Å². The van der Waals surface area contributed by atoms with Crippen molar-refractivity contribution in [1.29, 1.82) is 0 Å². The molecule has 0 spiro atoms. The van der Waals surface area contributed by atoms with E-state index in [9.17, 15) is 0 Å². The maximum absolute atomic E-state index is 3.85. The molecule has 13 heavy (non-hydrogen) atoms. The van der Waals surface area contributed by atoms with Crippen molar-refractivity contribution >= 4 is 0 Å². The topological polar surface area (TPSA) is 12.0 Å². The van der Waals surface area contributed by atoms with Crippen LogP contribution in [0.5, 0.6) is 0 Å². The highest BCUT2D eigenvalue weighted by Gasteiger charge is 2.38. The molecule has 2 aliphatic carbocycles. The Morgan fingerprint density at radius 1 is 1.08 bits per heavy atom. The van der Waals surface area contributed by atoms with Crippen molar-refractivity contribution in [1.82, 2.24) is 5.32 Å². The molecular formula is C12H23N. The Kier molecular flexibility index (Phi) is 2.18. The van der Waals surface area contributed by atoms with Gasteiger partial charge in [-0.3, -0.25) is 0 Å². The molecule has 0 heterocycles. The van der Waals surface area contributed by atoms with Crippen molar-refractivity contribution < 1.29 is 0 Å². The molecule has 0 aromatic rings. The van der Waals surface area contributed by atoms with E-state index in [-0.39, 0.29) is 0 Å². The molecule has 2 rings (SSSR count). The van der Waals surface area contributed by atoms with Gasteiger partial charge in [0.25, 0.3) is 0 Å². The first-order valence-electron chi connectivity index (χ1n) is 5.77. The third-order valence-electron chi connectivity index (χ3n) is 3.98. The second-order valence-corrected chi connectivity index (χ2v) is 6.16. The minimum atomic E-state index is 0.505. The average Bonchev–Trinajstić information content (AvgIpc) is 2.27. The summed E-state index contributed by atoms with van der Waals surface area (Å²) >= 11 is 0. The summed E-state index contributed by atoms with van der Waals surface area (Å²) in [7, 11) is 0. The SMILES string of the molecule is CC1(C)CCC(NC2(C)CCC2)C1. The molecule has 2 fully saturated rings. The van der Waals surface area contributed by atoms with Crippen molar-refractivity contribution in [2.75, 3.05) is 0 Å². The Hall–Kier alpha value is -0.0400. The van der Waals surface area contributed by atoms with Crippen molar-refractivity contribution in [2.24, 2.45) is 5.41 Å². The normalized spacial score (nSPS) is 35.8. The van der Waals surface area contributed by atoms with Crippen LogP contribution < -0.4 is 5.32 Å². The first-order valence-corrected chi connectivity index (χ1v) is 5.77. The predicted octanol–water partition coefficient (Wildman–Crippen LogP) is 3.10. The summed E-state index contributed by atoms with van der Waals surface area (Å²) in [5, 5.41) is 3.85. The van der Waals surface area contributed by atoms with E-state index in [1.54, 1.807) is 0 Å². The smallest absolute Gasteiger partial charge is 0.0156 e. The van der Waals surface area contributed by atoms with Gasteiger partial charge in [-0.05, 0) is 50.9 Å². The highest BCUT2D eigenvalue weighted by molar-refractivity contribution is 4.97. The van der Waals surface area contributed by atoms with E-state index < -0.39 is 0 Å². The third-order valence-corrected chi connectivity index (χ3v) is 3.98. The van der Waals surface area contributed by atoms with Crippen LogP contribution in [0, 0.1) is 5.41 Å². The third kappa shape index (κ3) is 2.07. The van der Waals surface area contributed by atoms with Gasteiger partial charge in [0.2, 0.25) is 0 Å². The molecule has 0 aromatic carbocycles. The quantitative estimate of drug-likeness (QED) is 0.690. The summed E-state index contributed by atoms with van der Waals surface area (Å²) in [6.07, 6.45) is 8.39. The van der Waals surface area contributed by atoms with Crippen molar-refractivity contribution in [3.8, 4) is 0 Å². The molecule has 1 heteroatoms. The van der Waals surface area contributed by atoms with Crippen molar-refractivity contribution in [3.05, 3.63) is 0 Å². The summed E-state index contributed by atoms with van der Waals surface area (Å²) in [5.74, 6) is 0. The fourth-order valence-corrected chi connectivity index (χ4v) is 2.90. The van der Waals surface area contributed by atoms with Crippen LogP contribution in [-0.4, -0.2) is 11.6 Å². The highest BCUT2D eigenvalue weighted by Crippen LogP contribution is 2.40. The standard InChI is InChI=1S/C12H23N/c1-11(2)8-5-10(9-11)13-12(3)6-4-7-12/h10,13H,4-9H2,1-3H3. The van der Waals surface area contributed by atoms with E-state index in [4.69, 9.17) is 0 Å². The van der Waals surface area contributed by atoms with Crippen LogP contribution in [0.2, 0.25) is 0 Å². The van der Waals surface area contributed by atoms with Gasteiger partial charge in [0.15, 0.2) is 0 Å². The molecule has 0 aromatic heterocycles. The van der Waals surface area contributed by atoms with Gasteiger partial charge in [-0.1, -0.05) is 13.8 Å². The molecule has 0 aliphatic heterocycles. The summed E-state index contributed by atoms with van der Waals surface area (Å²) in [5.41, 5.74) is 1.10. The van der Waals surface area contributed by atoms with Gasteiger partial charge in [-0.2, -0.15) is 0 Å². The molecule has 1 nitrogen and oxygen atoms in total. The first kappa shape index (κ1) is 9.51. The predicted molar refractivity (Wildman–Crippen MR) is 56.8 cm³/mol.